The third-order valence-electron chi connectivity index (χ3n) is 4.45. The van der Waals surface area contributed by atoms with Crippen LogP contribution in [-0.4, -0.2) is 16.2 Å². The van der Waals surface area contributed by atoms with Crippen LogP contribution in [0.5, 0.6) is 5.75 Å². The number of carbonyl (C=O) groups is 1. The van der Waals surface area contributed by atoms with Gasteiger partial charge in [-0.2, -0.15) is 0 Å². The molecule has 5 nitrogen and oxygen atoms in total. The summed E-state index contributed by atoms with van der Waals surface area (Å²) in [4.78, 5) is 24.3. The zero-order valence-electron chi connectivity index (χ0n) is 15.1. The first-order valence-corrected chi connectivity index (χ1v) is 11.2. The number of hydrogen-bond donors (Lipinski definition) is 2. The van der Waals surface area contributed by atoms with E-state index in [9.17, 15) is 19.8 Å². The molecule has 1 aliphatic carbocycles. The molecule has 0 aromatic heterocycles. The number of aromatic carboxylic acids is 1. The van der Waals surface area contributed by atoms with Crippen LogP contribution in [0.1, 0.15) is 10.4 Å². The molecule has 0 spiro atoms. The maximum absolute atomic E-state index is 12.4. The molecule has 1 heterocycles. The normalized spacial score (nSPS) is 10.9. The summed E-state index contributed by atoms with van der Waals surface area (Å²) in [5.41, 5.74) is 1.61. The fourth-order valence-electron chi connectivity index (χ4n) is 3.17. The molecule has 0 radical (unpaired) electrons. The van der Waals surface area contributed by atoms with E-state index < -0.39 is 5.97 Å². The molecule has 2 aromatic carbocycles. The number of carboxylic acid groups (broad SMARTS) is 1. The standard InChI is InChI=1S/C20H8Br4O5.Na/c21-11-5-9-13(7-3-1-2-4-8(7)20(27)28)10-6-12(22)17(26)15(24)19(10)29-18(9)14(23)16(11)25;/h1-6,25H,(H,27,28);/q;+1. The molecule has 0 amide bonds. The van der Waals surface area contributed by atoms with Gasteiger partial charge >= 0.3 is 35.5 Å². The molecule has 0 saturated heterocycles. The summed E-state index contributed by atoms with van der Waals surface area (Å²) >= 11 is 13.2. The molecule has 4 rings (SSSR count). The molecule has 2 aliphatic rings. The van der Waals surface area contributed by atoms with Crippen LogP contribution in [0, 0.1) is 0 Å². The predicted molar refractivity (Wildman–Crippen MR) is 124 cm³/mol. The van der Waals surface area contributed by atoms with E-state index in [1.807, 2.05) is 0 Å². The SMILES string of the molecule is O=C(O)c1ccccc1-c1c2cc(Br)c(=O)c(Br)c-2oc2c(Br)c(O)c(Br)cc12.[Na+]. The Morgan fingerprint density at radius 1 is 0.933 bits per heavy atom. The van der Waals surface area contributed by atoms with Crippen molar-refractivity contribution in [2.45, 2.75) is 0 Å². The summed E-state index contributed by atoms with van der Waals surface area (Å²) in [6.45, 7) is 0. The minimum absolute atomic E-state index is 0. The van der Waals surface area contributed by atoms with E-state index >= 15 is 0 Å². The van der Waals surface area contributed by atoms with E-state index in [4.69, 9.17) is 4.42 Å². The van der Waals surface area contributed by atoms with Crippen molar-refractivity contribution in [1.82, 2.24) is 0 Å². The molecule has 0 saturated carbocycles. The summed E-state index contributed by atoms with van der Waals surface area (Å²) < 4.78 is 7.17. The van der Waals surface area contributed by atoms with Gasteiger partial charge in [-0.05, 0) is 87.5 Å². The maximum atomic E-state index is 12.4. The van der Waals surface area contributed by atoms with E-state index in [1.54, 1.807) is 30.3 Å². The van der Waals surface area contributed by atoms with Gasteiger partial charge in [0, 0.05) is 16.5 Å². The number of aromatic hydroxyl groups is 1. The summed E-state index contributed by atoms with van der Waals surface area (Å²) in [6, 6.07) is 9.84. The first-order chi connectivity index (χ1) is 13.7. The summed E-state index contributed by atoms with van der Waals surface area (Å²) in [5.74, 6) is -0.921. The first-order valence-electron chi connectivity index (χ1n) is 8.00. The van der Waals surface area contributed by atoms with Crippen LogP contribution in [-0.2, 0) is 0 Å². The van der Waals surface area contributed by atoms with Crippen LogP contribution in [0.2, 0.25) is 0 Å². The van der Waals surface area contributed by atoms with Crippen LogP contribution in [0.3, 0.4) is 0 Å². The van der Waals surface area contributed by atoms with Crippen LogP contribution < -0.4 is 35.0 Å². The number of benzene rings is 3. The Balaban J connectivity index is 0.00000256. The van der Waals surface area contributed by atoms with Crippen LogP contribution in [0.15, 0.2) is 63.5 Å². The van der Waals surface area contributed by atoms with Crippen LogP contribution in [0.25, 0.3) is 33.4 Å². The Morgan fingerprint density at radius 2 is 1.60 bits per heavy atom. The third-order valence-corrected chi connectivity index (χ3v) is 7.10. The van der Waals surface area contributed by atoms with Crippen molar-refractivity contribution in [2.24, 2.45) is 0 Å². The van der Waals surface area contributed by atoms with Gasteiger partial charge in [0.2, 0.25) is 5.43 Å². The Morgan fingerprint density at radius 3 is 2.27 bits per heavy atom. The monoisotopic (exact) mass is 667 g/mol. The maximum Gasteiger partial charge on any atom is 1.00 e. The molecule has 146 valence electrons. The number of rotatable bonds is 2. The number of halogens is 4. The van der Waals surface area contributed by atoms with Crippen molar-refractivity contribution >= 4 is 80.7 Å². The Bertz CT molecular complexity index is 1370. The zero-order valence-corrected chi connectivity index (χ0v) is 23.4. The zero-order chi connectivity index (χ0) is 21.0. The second kappa shape index (κ2) is 9.05. The topological polar surface area (TPSA) is 87.7 Å². The molecule has 2 N–H and O–H groups in total. The van der Waals surface area contributed by atoms with Gasteiger partial charge < -0.3 is 14.6 Å². The van der Waals surface area contributed by atoms with Gasteiger partial charge in [-0.1, -0.05) is 18.2 Å². The molecule has 0 bridgehead atoms. The van der Waals surface area contributed by atoms with Crippen molar-refractivity contribution in [3.8, 4) is 28.2 Å². The average Bonchev–Trinajstić information content (AvgIpc) is 2.69. The van der Waals surface area contributed by atoms with Gasteiger partial charge in [-0.25, -0.2) is 4.79 Å². The molecular formula is C20H8Br4NaO5+. The Hall–Kier alpha value is -0.680. The minimum Gasteiger partial charge on any atom is -0.505 e. The summed E-state index contributed by atoms with van der Waals surface area (Å²) in [6.07, 6.45) is 0. The minimum atomic E-state index is -1.09. The van der Waals surface area contributed by atoms with Crippen molar-refractivity contribution in [1.29, 1.82) is 0 Å². The van der Waals surface area contributed by atoms with Crippen LogP contribution in [0.4, 0.5) is 0 Å². The summed E-state index contributed by atoms with van der Waals surface area (Å²) in [5, 5.41) is 20.6. The van der Waals surface area contributed by atoms with Crippen molar-refractivity contribution in [3.63, 3.8) is 0 Å². The second-order valence-corrected chi connectivity index (χ2v) is 9.40. The van der Waals surface area contributed by atoms with Gasteiger partial charge in [0.1, 0.15) is 14.7 Å². The number of hydrogen-bond acceptors (Lipinski definition) is 4. The Kier molecular flexibility index (Phi) is 7.23. The number of fused-ring (bicyclic) bond motifs is 2. The molecule has 0 atom stereocenters. The molecular weight excluding hydrogens is 663 g/mol. The number of phenols is 1. The van der Waals surface area contributed by atoms with E-state index in [-0.39, 0.29) is 66.6 Å². The average molecular weight is 671 g/mol. The first kappa shape index (κ1) is 24.0. The van der Waals surface area contributed by atoms with E-state index in [2.05, 4.69) is 63.7 Å². The fraction of sp³-hybridized carbons (Fsp3) is 0. The number of carboxylic acids is 1. The van der Waals surface area contributed by atoms with Crippen molar-refractivity contribution < 1.29 is 49.0 Å². The van der Waals surface area contributed by atoms with Gasteiger partial charge in [0.15, 0.2) is 11.3 Å². The quantitative estimate of drug-likeness (QED) is 0.249. The predicted octanol–water partition coefficient (Wildman–Crippen LogP) is 4.02. The summed E-state index contributed by atoms with van der Waals surface area (Å²) in [7, 11) is 0. The van der Waals surface area contributed by atoms with E-state index in [0.717, 1.165) is 0 Å². The molecule has 0 unspecified atom stereocenters. The molecule has 2 aromatic rings. The molecule has 30 heavy (non-hydrogen) atoms. The second-order valence-electron chi connectivity index (χ2n) is 6.10. The van der Waals surface area contributed by atoms with Crippen LogP contribution >= 0.6 is 63.7 Å². The Labute approximate surface area is 225 Å². The van der Waals surface area contributed by atoms with E-state index in [0.29, 0.717) is 31.0 Å². The fourth-order valence-corrected chi connectivity index (χ4v) is 5.57. The third kappa shape index (κ3) is 3.83. The van der Waals surface area contributed by atoms with Crippen molar-refractivity contribution in [3.05, 3.63) is 70.1 Å². The van der Waals surface area contributed by atoms with Gasteiger partial charge in [-0.3, -0.25) is 4.79 Å². The van der Waals surface area contributed by atoms with E-state index in [1.165, 1.54) is 6.07 Å². The molecule has 10 heteroatoms. The largest absolute Gasteiger partial charge is 1.00 e. The molecule has 1 aliphatic heterocycles. The smallest absolute Gasteiger partial charge is 0.505 e. The van der Waals surface area contributed by atoms with Gasteiger partial charge in [0.05, 0.1) is 14.5 Å². The number of phenolic OH excluding ortho intramolecular Hbond substituents is 1. The molecule has 0 fully saturated rings. The van der Waals surface area contributed by atoms with Gasteiger partial charge in [0.25, 0.3) is 0 Å². The van der Waals surface area contributed by atoms with Gasteiger partial charge in [-0.15, -0.1) is 0 Å². The van der Waals surface area contributed by atoms with Crippen molar-refractivity contribution in [2.75, 3.05) is 0 Å².